The molecule has 1 N–H and O–H groups in total. The zero-order chi connectivity index (χ0) is 11.0. The fourth-order valence-electron chi connectivity index (χ4n) is 0.576. The summed E-state index contributed by atoms with van der Waals surface area (Å²) in [6.45, 7) is 1.60. The van der Waals surface area contributed by atoms with E-state index in [0.717, 1.165) is 5.75 Å². The number of rotatable bonds is 2. The van der Waals surface area contributed by atoms with Gasteiger partial charge in [-0.1, -0.05) is 19.1 Å². The molecule has 1 aromatic rings. The Balaban J connectivity index is 0. The van der Waals surface area contributed by atoms with Gasteiger partial charge in [0.15, 0.2) is 0 Å². The average Bonchev–Trinajstić information content (AvgIpc) is 2.20. The number of methoxy groups -OCH3 is 1. The molecule has 0 heterocycles. The molecule has 0 saturated carbocycles. The van der Waals surface area contributed by atoms with E-state index in [9.17, 15) is 9.90 Å². The van der Waals surface area contributed by atoms with Crippen molar-refractivity contribution in [3.8, 4) is 11.5 Å². The van der Waals surface area contributed by atoms with Crippen LogP contribution in [0.4, 0.5) is 0 Å². The summed E-state index contributed by atoms with van der Waals surface area (Å²) in [5.41, 5.74) is 0. The molecule has 15 heavy (non-hydrogen) atoms. The molecule has 0 saturated heterocycles. The van der Waals surface area contributed by atoms with Gasteiger partial charge < -0.3 is 14.9 Å². The van der Waals surface area contributed by atoms with Crippen LogP contribution in [0.3, 0.4) is 0 Å². The third-order valence-corrected chi connectivity index (χ3v) is 1.36. The van der Waals surface area contributed by atoms with Gasteiger partial charge in [-0.15, -0.1) is 5.75 Å². The summed E-state index contributed by atoms with van der Waals surface area (Å²) in [6.07, 6.45) is 0.222. The van der Waals surface area contributed by atoms with Gasteiger partial charge in [-0.2, -0.15) is 0 Å². The molecule has 0 bridgehead atoms. The molecule has 0 aromatic heterocycles. The van der Waals surface area contributed by atoms with E-state index in [1.54, 1.807) is 26.2 Å². The Morgan fingerprint density at radius 3 is 2.07 bits per heavy atom. The van der Waals surface area contributed by atoms with Crippen LogP contribution >= 0.6 is 0 Å². The minimum Gasteiger partial charge on any atom is -0.872 e. The molecule has 0 aliphatic rings. The molecule has 0 spiro atoms. The first-order chi connectivity index (χ1) is 6.60. The Hall–Kier alpha value is -0.710. The Bertz CT molecular complexity index is 271. The SMILES string of the molecule is CCC(=O)O.COc1ccc([O-])cc1.[Na+]. The largest absolute Gasteiger partial charge is 1.00 e. The second kappa shape index (κ2) is 9.83. The minimum atomic E-state index is -0.745. The summed E-state index contributed by atoms with van der Waals surface area (Å²) in [5, 5.41) is 18.2. The van der Waals surface area contributed by atoms with E-state index >= 15 is 0 Å². The van der Waals surface area contributed by atoms with Gasteiger partial charge in [0.2, 0.25) is 0 Å². The number of carbonyl (C=O) groups is 1. The van der Waals surface area contributed by atoms with E-state index in [2.05, 4.69) is 0 Å². The van der Waals surface area contributed by atoms with Gasteiger partial charge in [-0.3, -0.25) is 4.79 Å². The molecule has 78 valence electrons. The second-order valence-corrected chi connectivity index (χ2v) is 2.42. The second-order valence-electron chi connectivity index (χ2n) is 2.42. The van der Waals surface area contributed by atoms with Gasteiger partial charge in [-0.05, 0) is 12.1 Å². The molecule has 0 unspecified atom stereocenters. The average molecular weight is 220 g/mol. The van der Waals surface area contributed by atoms with E-state index in [0.29, 0.717) is 0 Å². The van der Waals surface area contributed by atoms with E-state index in [-0.39, 0.29) is 41.7 Å². The van der Waals surface area contributed by atoms with Crippen LogP contribution < -0.4 is 39.4 Å². The standard InChI is InChI=1S/C7H8O2.C3H6O2.Na/c1-9-7-4-2-6(8)3-5-7;1-2-3(4)5;/h2-5,8H,1H3;2H2,1H3,(H,4,5);/q;;+1/p-1. The van der Waals surface area contributed by atoms with Gasteiger partial charge in [0.25, 0.3) is 0 Å². The maximum atomic E-state index is 10.5. The Morgan fingerprint density at radius 2 is 1.80 bits per heavy atom. The first-order valence-corrected chi connectivity index (χ1v) is 4.13. The normalized spacial score (nSPS) is 7.87. The van der Waals surface area contributed by atoms with Crippen LogP contribution in [-0.2, 0) is 4.79 Å². The number of carboxylic acid groups (broad SMARTS) is 1. The van der Waals surface area contributed by atoms with E-state index in [1.165, 1.54) is 12.1 Å². The van der Waals surface area contributed by atoms with Crippen LogP contribution in [0.1, 0.15) is 13.3 Å². The Labute approximate surface area is 111 Å². The van der Waals surface area contributed by atoms with Crippen molar-refractivity contribution in [2.75, 3.05) is 7.11 Å². The van der Waals surface area contributed by atoms with Crippen molar-refractivity contribution in [2.45, 2.75) is 13.3 Å². The number of hydrogen-bond acceptors (Lipinski definition) is 3. The molecule has 1 rings (SSSR count). The van der Waals surface area contributed by atoms with Crippen molar-refractivity contribution >= 4 is 5.97 Å². The maximum absolute atomic E-state index is 10.5. The molecule has 0 amide bonds. The van der Waals surface area contributed by atoms with E-state index < -0.39 is 5.97 Å². The van der Waals surface area contributed by atoms with Gasteiger partial charge in [0.1, 0.15) is 5.75 Å². The number of carboxylic acids is 1. The van der Waals surface area contributed by atoms with Crippen molar-refractivity contribution in [2.24, 2.45) is 0 Å². The fraction of sp³-hybridized carbons (Fsp3) is 0.300. The summed E-state index contributed by atoms with van der Waals surface area (Å²) in [4.78, 5) is 9.37. The third-order valence-electron chi connectivity index (χ3n) is 1.36. The zero-order valence-electron chi connectivity index (χ0n) is 9.19. The van der Waals surface area contributed by atoms with E-state index in [1.807, 2.05) is 0 Å². The summed E-state index contributed by atoms with van der Waals surface area (Å²) in [7, 11) is 1.57. The quantitative estimate of drug-likeness (QED) is 0.600. The summed E-state index contributed by atoms with van der Waals surface area (Å²) in [6, 6.07) is 6.22. The van der Waals surface area contributed by atoms with Gasteiger partial charge >= 0.3 is 35.5 Å². The van der Waals surface area contributed by atoms with Gasteiger partial charge in [0.05, 0.1) is 7.11 Å². The number of aliphatic carboxylic acids is 1. The van der Waals surface area contributed by atoms with Crippen LogP contribution in [0.25, 0.3) is 0 Å². The fourth-order valence-corrected chi connectivity index (χ4v) is 0.576. The zero-order valence-corrected chi connectivity index (χ0v) is 11.2. The Kier molecular flexibility index (Phi) is 11.0. The summed E-state index contributed by atoms with van der Waals surface area (Å²) < 4.78 is 4.83. The van der Waals surface area contributed by atoms with Crippen LogP contribution in [0.2, 0.25) is 0 Å². The topological polar surface area (TPSA) is 69.6 Å². The molecule has 4 nitrogen and oxygen atoms in total. The smallest absolute Gasteiger partial charge is 0.872 e. The molecule has 0 aliphatic heterocycles. The number of benzene rings is 1. The monoisotopic (exact) mass is 220 g/mol. The molecule has 5 heteroatoms. The minimum absolute atomic E-state index is 0. The first kappa shape index (κ1) is 16.7. The predicted octanol–water partition coefficient (Wildman–Crippen LogP) is -1.75. The van der Waals surface area contributed by atoms with Crippen molar-refractivity contribution in [3.63, 3.8) is 0 Å². The molecular weight excluding hydrogens is 207 g/mol. The first-order valence-electron chi connectivity index (χ1n) is 4.13. The molecule has 0 aliphatic carbocycles. The summed E-state index contributed by atoms with van der Waals surface area (Å²) >= 11 is 0. The third kappa shape index (κ3) is 9.59. The van der Waals surface area contributed by atoms with Gasteiger partial charge in [0, 0.05) is 6.42 Å². The van der Waals surface area contributed by atoms with Crippen LogP contribution in [0.15, 0.2) is 24.3 Å². The number of ether oxygens (including phenoxy) is 1. The van der Waals surface area contributed by atoms with Crippen molar-refractivity contribution in [1.29, 1.82) is 0 Å². The van der Waals surface area contributed by atoms with Crippen molar-refractivity contribution < 1.29 is 49.3 Å². The Morgan fingerprint density at radius 1 is 1.40 bits per heavy atom. The summed E-state index contributed by atoms with van der Waals surface area (Å²) in [5.74, 6) is -0.0181. The predicted molar refractivity (Wildman–Crippen MR) is 50.4 cm³/mol. The van der Waals surface area contributed by atoms with Gasteiger partial charge in [-0.25, -0.2) is 0 Å². The van der Waals surface area contributed by atoms with Crippen LogP contribution in [0.5, 0.6) is 11.5 Å². The van der Waals surface area contributed by atoms with E-state index in [4.69, 9.17) is 9.84 Å². The van der Waals surface area contributed by atoms with Crippen LogP contribution in [0, 0.1) is 0 Å². The molecule has 0 atom stereocenters. The van der Waals surface area contributed by atoms with Crippen molar-refractivity contribution in [3.05, 3.63) is 24.3 Å². The maximum Gasteiger partial charge on any atom is 1.00 e. The van der Waals surface area contributed by atoms with Crippen molar-refractivity contribution in [1.82, 2.24) is 0 Å². The molecule has 1 aromatic carbocycles. The number of hydrogen-bond donors (Lipinski definition) is 1. The molecular formula is C10H13NaO4. The molecule has 0 radical (unpaired) electrons. The molecule has 0 fully saturated rings. The van der Waals surface area contributed by atoms with Crippen LogP contribution in [-0.4, -0.2) is 18.2 Å².